The summed E-state index contributed by atoms with van der Waals surface area (Å²) in [6.45, 7) is 0.915. The van der Waals surface area contributed by atoms with Crippen LogP contribution in [0.3, 0.4) is 0 Å². The molecule has 1 N–H and O–H groups in total. The van der Waals surface area contributed by atoms with E-state index in [1.54, 1.807) is 0 Å². The van der Waals surface area contributed by atoms with Crippen LogP contribution in [0.4, 0.5) is 0 Å². The van der Waals surface area contributed by atoms with Gasteiger partial charge in [-0.2, -0.15) is 0 Å². The first-order valence-corrected chi connectivity index (χ1v) is 7.17. The van der Waals surface area contributed by atoms with Crippen molar-refractivity contribution in [1.29, 1.82) is 0 Å². The van der Waals surface area contributed by atoms with Crippen molar-refractivity contribution >= 4 is 5.78 Å². The van der Waals surface area contributed by atoms with E-state index in [4.69, 9.17) is 9.47 Å². The lowest BCUT2D eigenvalue weighted by molar-refractivity contribution is -0.198. The summed E-state index contributed by atoms with van der Waals surface area (Å²) in [5.41, 5.74) is 0. The molecule has 2 saturated carbocycles. The molecular formula is C14H22O4. The number of ketones is 1. The molecule has 0 aromatic rings. The number of hydrogen-bond acceptors (Lipinski definition) is 4. The summed E-state index contributed by atoms with van der Waals surface area (Å²) in [5.74, 6) is 1.27. The second-order valence-corrected chi connectivity index (χ2v) is 5.92. The van der Waals surface area contributed by atoms with Crippen LogP contribution in [0.5, 0.6) is 0 Å². The Balaban J connectivity index is 1.61. The summed E-state index contributed by atoms with van der Waals surface area (Å²) in [4.78, 5) is 11.5. The predicted octanol–water partition coefficient (Wildman–Crippen LogP) is 1.51. The second-order valence-electron chi connectivity index (χ2n) is 5.92. The van der Waals surface area contributed by atoms with Gasteiger partial charge in [0, 0.05) is 32.0 Å². The first-order chi connectivity index (χ1) is 8.78. The standard InChI is InChI=1S/C14H22O4/c15-8-12-11-7-10(16)5-9(11)6-13(12)18-14-3-1-2-4-17-14/h9,11-15H,1-8H2/t9-,11-,12?,13?,14?/m1/s1. The topological polar surface area (TPSA) is 55.8 Å². The van der Waals surface area contributed by atoms with E-state index in [0.717, 1.165) is 32.3 Å². The summed E-state index contributed by atoms with van der Waals surface area (Å²) in [6, 6.07) is 0. The molecule has 2 aliphatic carbocycles. The summed E-state index contributed by atoms with van der Waals surface area (Å²) in [6.07, 6.45) is 5.48. The molecule has 0 amide bonds. The summed E-state index contributed by atoms with van der Waals surface area (Å²) < 4.78 is 11.6. The van der Waals surface area contributed by atoms with Crippen LogP contribution in [-0.4, -0.2) is 36.5 Å². The highest BCUT2D eigenvalue weighted by atomic mass is 16.7. The van der Waals surface area contributed by atoms with E-state index in [2.05, 4.69) is 0 Å². The minimum atomic E-state index is -0.0904. The monoisotopic (exact) mass is 254 g/mol. The van der Waals surface area contributed by atoms with E-state index in [-0.39, 0.29) is 24.9 Å². The van der Waals surface area contributed by atoms with Crippen molar-refractivity contribution < 1.29 is 19.4 Å². The predicted molar refractivity (Wildman–Crippen MR) is 64.9 cm³/mol. The van der Waals surface area contributed by atoms with Crippen LogP contribution in [-0.2, 0) is 14.3 Å². The minimum Gasteiger partial charge on any atom is -0.396 e. The summed E-state index contributed by atoms with van der Waals surface area (Å²) >= 11 is 0. The van der Waals surface area contributed by atoms with Crippen molar-refractivity contribution in [2.24, 2.45) is 17.8 Å². The highest BCUT2D eigenvalue weighted by Crippen LogP contribution is 2.47. The van der Waals surface area contributed by atoms with Gasteiger partial charge in [0.15, 0.2) is 6.29 Å². The third-order valence-corrected chi connectivity index (χ3v) is 4.80. The number of aliphatic hydroxyl groups is 1. The van der Waals surface area contributed by atoms with Gasteiger partial charge in [-0.25, -0.2) is 0 Å². The first kappa shape index (κ1) is 12.6. The maximum atomic E-state index is 11.5. The number of fused-ring (bicyclic) bond motifs is 1. The Morgan fingerprint density at radius 2 is 2.22 bits per heavy atom. The van der Waals surface area contributed by atoms with E-state index in [9.17, 15) is 9.90 Å². The van der Waals surface area contributed by atoms with Gasteiger partial charge in [0.25, 0.3) is 0 Å². The van der Waals surface area contributed by atoms with Gasteiger partial charge in [-0.3, -0.25) is 4.79 Å². The number of hydrogen-bond donors (Lipinski definition) is 1. The number of carbonyl (C=O) groups is 1. The van der Waals surface area contributed by atoms with Crippen molar-refractivity contribution in [1.82, 2.24) is 0 Å². The number of aliphatic hydroxyl groups excluding tert-OH is 1. The molecule has 1 aliphatic heterocycles. The SMILES string of the molecule is O=C1C[C@@H]2CC(OC3CCCCO3)C(CO)[C@@H]2C1. The molecule has 102 valence electrons. The summed E-state index contributed by atoms with van der Waals surface area (Å²) in [5, 5.41) is 9.57. The van der Waals surface area contributed by atoms with E-state index in [1.165, 1.54) is 0 Å². The average Bonchev–Trinajstić information content (AvgIpc) is 2.85. The molecular weight excluding hydrogens is 232 g/mol. The van der Waals surface area contributed by atoms with Crippen molar-refractivity contribution in [2.75, 3.05) is 13.2 Å². The highest BCUT2D eigenvalue weighted by Gasteiger charge is 2.49. The minimum absolute atomic E-state index is 0.0844. The largest absolute Gasteiger partial charge is 0.396 e. The molecule has 4 heteroatoms. The number of rotatable bonds is 3. The smallest absolute Gasteiger partial charge is 0.157 e. The zero-order valence-electron chi connectivity index (χ0n) is 10.7. The fraction of sp³-hybridized carbons (Fsp3) is 0.929. The quantitative estimate of drug-likeness (QED) is 0.829. The van der Waals surface area contributed by atoms with Crippen LogP contribution in [0, 0.1) is 17.8 Å². The maximum absolute atomic E-state index is 11.5. The number of Topliss-reactive ketones (excluding diaryl/α,β-unsaturated/α-hetero) is 1. The lowest BCUT2D eigenvalue weighted by Gasteiger charge is -2.29. The van der Waals surface area contributed by atoms with Crippen molar-refractivity contribution in [3.8, 4) is 0 Å². The van der Waals surface area contributed by atoms with Crippen LogP contribution in [0.2, 0.25) is 0 Å². The van der Waals surface area contributed by atoms with E-state index < -0.39 is 0 Å². The lowest BCUT2D eigenvalue weighted by Crippen LogP contribution is -2.33. The van der Waals surface area contributed by atoms with E-state index in [1.807, 2.05) is 0 Å². The Morgan fingerprint density at radius 3 is 2.94 bits per heavy atom. The third kappa shape index (κ3) is 2.33. The van der Waals surface area contributed by atoms with Crippen LogP contribution < -0.4 is 0 Å². The van der Waals surface area contributed by atoms with Crippen LogP contribution >= 0.6 is 0 Å². The molecule has 3 fully saturated rings. The normalized spacial score (nSPS) is 44.3. The second kappa shape index (κ2) is 5.27. The Bertz CT molecular complexity index is 311. The molecule has 18 heavy (non-hydrogen) atoms. The molecule has 3 aliphatic rings. The van der Waals surface area contributed by atoms with Crippen molar-refractivity contribution in [2.45, 2.75) is 50.9 Å². The van der Waals surface area contributed by atoms with Gasteiger partial charge in [0.2, 0.25) is 0 Å². The Morgan fingerprint density at radius 1 is 1.33 bits per heavy atom. The fourth-order valence-electron chi connectivity index (χ4n) is 3.89. The molecule has 0 aromatic carbocycles. The van der Waals surface area contributed by atoms with E-state index >= 15 is 0 Å². The van der Waals surface area contributed by atoms with Crippen LogP contribution in [0.25, 0.3) is 0 Å². The fourth-order valence-corrected chi connectivity index (χ4v) is 3.89. The van der Waals surface area contributed by atoms with Gasteiger partial charge in [-0.15, -0.1) is 0 Å². The zero-order chi connectivity index (χ0) is 12.5. The molecule has 1 saturated heterocycles. The molecule has 1 heterocycles. The van der Waals surface area contributed by atoms with Crippen LogP contribution in [0.1, 0.15) is 38.5 Å². The van der Waals surface area contributed by atoms with Crippen LogP contribution in [0.15, 0.2) is 0 Å². The zero-order valence-corrected chi connectivity index (χ0v) is 10.7. The van der Waals surface area contributed by atoms with E-state index in [0.29, 0.717) is 30.5 Å². The van der Waals surface area contributed by atoms with Crippen molar-refractivity contribution in [3.05, 3.63) is 0 Å². The first-order valence-electron chi connectivity index (χ1n) is 7.17. The van der Waals surface area contributed by atoms with Gasteiger partial charge in [-0.05, 0) is 37.5 Å². The van der Waals surface area contributed by atoms with Crippen molar-refractivity contribution in [3.63, 3.8) is 0 Å². The molecule has 5 atom stereocenters. The Hall–Kier alpha value is -0.450. The molecule has 0 aromatic heterocycles. The Labute approximate surface area is 108 Å². The van der Waals surface area contributed by atoms with Gasteiger partial charge in [-0.1, -0.05) is 0 Å². The maximum Gasteiger partial charge on any atom is 0.157 e. The number of ether oxygens (including phenoxy) is 2. The average molecular weight is 254 g/mol. The Kier molecular flexibility index (Phi) is 3.68. The highest BCUT2D eigenvalue weighted by molar-refractivity contribution is 5.81. The summed E-state index contributed by atoms with van der Waals surface area (Å²) in [7, 11) is 0. The molecule has 3 unspecified atom stereocenters. The number of carbonyl (C=O) groups excluding carboxylic acids is 1. The molecule has 0 bridgehead atoms. The van der Waals surface area contributed by atoms with Gasteiger partial charge < -0.3 is 14.6 Å². The lowest BCUT2D eigenvalue weighted by atomic mass is 9.92. The third-order valence-electron chi connectivity index (χ3n) is 4.80. The molecule has 4 nitrogen and oxygen atoms in total. The van der Waals surface area contributed by atoms with Gasteiger partial charge in [0.05, 0.1) is 6.10 Å². The van der Waals surface area contributed by atoms with Gasteiger partial charge in [0.1, 0.15) is 5.78 Å². The molecule has 0 radical (unpaired) electrons. The molecule has 3 rings (SSSR count). The van der Waals surface area contributed by atoms with Gasteiger partial charge >= 0.3 is 0 Å². The molecule has 0 spiro atoms.